The van der Waals surface area contributed by atoms with Crippen LogP contribution in [0.25, 0.3) is 10.9 Å². The fourth-order valence-corrected chi connectivity index (χ4v) is 3.12. The van der Waals surface area contributed by atoms with E-state index in [4.69, 9.17) is 0 Å². The summed E-state index contributed by atoms with van der Waals surface area (Å²) in [6, 6.07) is 7.45. The molecule has 1 heterocycles. The van der Waals surface area contributed by atoms with Gasteiger partial charge in [0.15, 0.2) is 0 Å². The number of fused-ring (bicyclic) bond motifs is 1. The van der Waals surface area contributed by atoms with E-state index in [2.05, 4.69) is 22.6 Å². The maximum Gasteiger partial charge on any atom is 0.236 e. The molecular weight excluding hydrogens is 313 g/mol. The maximum atomic E-state index is 11.4. The molecule has 0 aliphatic heterocycles. The number of rotatable bonds is 1. The summed E-state index contributed by atoms with van der Waals surface area (Å²) in [6.45, 7) is 0. The number of nitrogens with zero attached hydrogens (tertiary/aromatic N) is 1. The van der Waals surface area contributed by atoms with Gasteiger partial charge in [-0.2, -0.15) is 0 Å². The average Bonchev–Trinajstić information content (AvgIpc) is 2.44. The van der Waals surface area contributed by atoms with Crippen molar-refractivity contribution in [2.75, 3.05) is 6.26 Å². The van der Waals surface area contributed by atoms with Crippen molar-refractivity contribution in [1.29, 1.82) is 0 Å². The predicted molar refractivity (Wildman–Crippen MR) is 64.9 cm³/mol. The third-order valence-corrected chi connectivity index (χ3v) is 3.86. The van der Waals surface area contributed by atoms with E-state index in [0.717, 1.165) is 14.5 Å². The Kier molecular flexibility index (Phi) is 2.30. The molecule has 0 saturated carbocycles. The standard InChI is InChI=1S/C9H8INO2S/c1-14(12,13)11-6-8(10)7-4-2-3-5-9(7)11/h2-6H,1H3. The lowest BCUT2D eigenvalue weighted by molar-refractivity contribution is 0.595. The van der Waals surface area contributed by atoms with Crippen LogP contribution in [0.1, 0.15) is 0 Å². The third kappa shape index (κ3) is 1.54. The zero-order valence-corrected chi connectivity index (χ0v) is 10.4. The zero-order valence-electron chi connectivity index (χ0n) is 7.44. The molecule has 0 atom stereocenters. The van der Waals surface area contributed by atoms with E-state index in [0.29, 0.717) is 0 Å². The second-order valence-electron chi connectivity index (χ2n) is 3.05. The summed E-state index contributed by atoms with van der Waals surface area (Å²) in [5.74, 6) is 0. The Hall–Kier alpha value is -0.560. The van der Waals surface area contributed by atoms with Crippen molar-refractivity contribution in [3.63, 3.8) is 0 Å². The van der Waals surface area contributed by atoms with Crippen molar-refractivity contribution in [2.24, 2.45) is 0 Å². The minimum atomic E-state index is -3.20. The molecule has 2 rings (SSSR count). The van der Waals surface area contributed by atoms with E-state index in [9.17, 15) is 8.42 Å². The Morgan fingerprint density at radius 3 is 2.57 bits per heavy atom. The first-order valence-corrected chi connectivity index (χ1v) is 6.89. The van der Waals surface area contributed by atoms with Crippen LogP contribution in [-0.4, -0.2) is 18.6 Å². The van der Waals surface area contributed by atoms with Crippen LogP contribution in [0.5, 0.6) is 0 Å². The van der Waals surface area contributed by atoms with Crippen molar-refractivity contribution in [1.82, 2.24) is 3.97 Å². The summed E-state index contributed by atoms with van der Waals surface area (Å²) in [4.78, 5) is 0. The van der Waals surface area contributed by atoms with E-state index >= 15 is 0 Å². The summed E-state index contributed by atoms with van der Waals surface area (Å²) in [5.41, 5.74) is 0.736. The normalized spacial score (nSPS) is 12.1. The van der Waals surface area contributed by atoms with E-state index in [1.54, 1.807) is 12.3 Å². The highest BCUT2D eigenvalue weighted by Gasteiger charge is 2.11. The summed E-state index contributed by atoms with van der Waals surface area (Å²) >= 11 is 2.13. The molecule has 2 aromatic rings. The smallest absolute Gasteiger partial charge is 0.236 e. The summed E-state index contributed by atoms with van der Waals surface area (Å²) in [5, 5.41) is 0.971. The van der Waals surface area contributed by atoms with Crippen molar-refractivity contribution >= 4 is 43.5 Å². The van der Waals surface area contributed by atoms with E-state index in [-0.39, 0.29) is 0 Å². The van der Waals surface area contributed by atoms with Gasteiger partial charge in [0.2, 0.25) is 10.0 Å². The Labute approximate surface area is 95.9 Å². The molecule has 0 N–H and O–H groups in total. The number of aromatic nitrogens is 1. The third-order valence-electron chi connectivity index (χ3n) is 1.99. The molecule has 0 amide bonds. The lowest BCUT2D eigenvalue weighted by Crippen LogP contribution is -2.07. The summed E-state index contributed by atoms with van der Waals surface area (Å²) < 4.78 is 25.1. The van der Waals surface area contributed by atoms with Gasteiger partial charge in [-0.05, 0) is 28.7 Å². The molecule has 1 aromatic carbocycles. The quantitative estimate of drug-likeness (QED) is 0.754. The zero-order chi connectivity index (χ0) is 10.3. The van der Waals surface area contributed by atoms with Gasteiger partial charge in [0, 0.05) is 15.2 Å². The second kappa shape index (κ2) is 3.23. The minimum Gasteiger partial charge on any atom is -0.244 e. The molecule has 0 aliphatic rings. The van der Waals surface area contributed by atoms with Crippen LogP contribution in [0.4, 0.5) is 0 Å². The Morgan fingerprint density at radius 1 is 1.29 bits per heavy atom. The minimum absolute atomic E-state index is 0.736. The number of halogens is 1. The molecular formula is C9H8INO2S. The van der Waals surface area contributed by atoms with Crippen LogP contribution < -0.4 is 0 Å². The second-order valence-corrected chi connectivity index (χ2v) is 6.07. The van der Waals surface area contributed by atoms with Gasteiger partial charge in [0.25, 0.3) is 0 Å². The van der Waals surface area contributed by atoms with Gasteiger partial charge in [-0.3, -0.25) is 0 Å². The number of hydrogen-bond acceptors (Lipinski definition) is 2. The molecule has 0 saturated heterocycles. The van der Waals surface area contributed by atoms with Crippen molar-refractivity contribution in [3.05, 3.63) is 34.0 Å². The van der Waals surface area contributed by atoms with Crippen LogP contribution in [0.2, 0.25) is 0 Å². The summed E-state index contributed by atoms with van der Waals surface area (Å²) in [7, 11) is -3.20. The van der Waals surface area contributed by atoms with E-state index in [1.807, 2.05) is 18.2 Å². The first-order valence-electron chi connectivity index (χ1n) is 3.96. The lowest BCUT2D eigenvalue weighted by Gasteiger charge is -2.00. The Bertz CT molecular complexity index is 586. The van der Waals surface area contributed by atoms with E-state index in [1.165, 1.54) is 10.2 Å². The van der Waals surface area contributed by atoms with Gasteiger partial charge in [-0.25, -0.2) is 12.4 Å². The fourth-order valence-electron chi connectivity index (χ4n) is 1.38. The predicted octanol–water partition coefficient (Wildman–Crippen LogP) is 2.05. The summed E-state index contributed by atoms with van der Waals surface area (Å²) in [6.07, 6.45) is 2.84. The maximum absolute atomic E-state index is 11.4. The van der Waals surface area contributed by atoms with Gasteiger partial charge in [0.1, 0.15) is 0 Å². The molecule has 0 fully saturated rings. The molecule has 0 radical (unpaired) electrons. The van der Waals surface area contributed by atoms with Crippen molar-refractivity contribution in [3.8, 4) is 0 Å². The van der Waals surface area contributed by atoms with Gasteiger partial charge in [-0.15, -0.1) is 0 Å². The van der Waals surface area contributed by atoms with Crippen LogP contribution in [0.3, 0.4) is 0 Å². The molecule has 14 heavy (non-hydrogen) atoms. The van der Waals surface area contributed by atoms with Crippen LogP contribution in [-0.2, 0) is 10.0 Å². The molecule has 0 aliphatic carbocycles. The van der Waals surface area contributed by atoms with Gasteiger partial charge >= 0.3 is 0 Å². The van der Waals surface area contributed by atoms with Gasteiger partial charge in [0.05, 0.1) is 11.8 Å². The van der Waals surface area contributed by atoms with Crippen LogP contribution in [0, 0.1) is 3.57 Å². The number of benzene rings is 1. The topological polar surface area (TPSA) is 39.1 Å². The largest absolute Gasteiger partial charge is 0.244 e. The highest BCUT2D eigenvalue weighted by atomic mass is 127. The van der Waals surface area contributed by atoms with Gasteiger partial charge in [-0.1, -0.05) is 18.2 Å². The Morgan fingerprint density at radius 2 is 1.93 bits per heavy atom. The van der Waals surface area contributed by atoms with Crippen molar-refractivity contribution < 1.29 is 8.42 Å². The molecule has 1 aromatic heterocycles. The molecule has 0 bridgehead atoms. The first-order chi connectivity index (χ1) is 6.50. The Balaban J connectivity index is 2.93. The lowest BCUT2D eigenvalue weighted by atomic mass is 10.3. The van der Waals surface area contributed by atoms with Crippen LogP contribution >= 0.6 is 22.6 Å². The first kappa shape index (κ1) is 9.97. The molecule has 0 spiro atoms. The highest BCUT2D eigenvalue weighted by molar-refractivity contribution is 14.1. The molecule has 74 valence electrons. The fraction of sp³-hybridized carbons (Fsp3) is 0.111. The number of para-hydroxylation sites is 1. The molecule has 3 nitrogen and oxygen atoms in total. The average molecular weight is 321 g/mol. The monoisotopic (exact) mass is 321 g/mol. The SMILES string of the molecule is CS(=O)(=O)n1cc(I)c2ccccc21. The van der Waals surface area contributed by atoms with E-state index < -0.39 is 10.0 Å². The molecule has 0 unspecified atom stereocenters. The van der Waals surface area contributed by atoms with Crippen molar-refractivity contribution in [2.45, 2.75) is 0 Å². The molecule has 5 heteroatoms. The number of hydrogen-bond donors (Lipinski definition) is 0. The van der Waals surface area contributed by atoms with Crippen LogP contribution in [0.15, 0.2) is 30.5 Å². The van der Waals surface area contributed by atoms with Gasteiger partial charge < -0.3 is 0 Å². The highest BCUT2D eigenvalue weighted by Crippen LogP contribution is 2.23.